The van der Waals surface area contributed by atoms with Crippen LogP contribution in [0.25, 0.3) is 11.3 Å². The molecule has 160 valence electrons. The molecule has 9 nitrogen and oxygen atoms in total. The molecule has 0 aliphatic carbocycles. The van der Waals surface area contributed by atoms with E-state index in [4.69, 9.17) is 33.7 Å². The molecule has 0 saturated carbocycles. The molecule has 0 amide bonds. The zero-order chi connectivity index (χ0) is 20.9. The fourth-order valence-corrected chi connectivity index (χ4v) is 2.62. The molecular weight excluding hydrogens is 390 g/mol. The van der Waals surface area contributed by atoms with Gasteiger partial charge in [-0.15, -0.1) is 0 Å². The van der Waals surface area contributed by atoms with Gasteiger partial charge < -0.3 is 28.4 Å². The second-order valence-electron chi connectivity index (χ2n) is 6.21. The highest BCUT2D eigenvalue weighted by Crippen LogP contribution is 2.32. The molecule has 0 bridgehead atoms. The Balaban J connectivity index is 1.67. The van der Waals surface area contributed by atoms with Gasteiger partial charge in [-0.05, 0) is 18.2 Å². The molecule has 0 atom stereocenters. The third-order valence-corrected chi connectivity index (χ3v) is 4.09. The molecule has 9 heteroatoms. The van der Waals surface area contributed by atoms with E-state index in [9.17, 15) is 0 Å². The Bertz CT molecular complexity index is 809. The molecule has 2 heterocycles. The summed E-state index contributed by atoms with van der Waals surface area (Å²) in [6.07, 6.45) is 2.99. The normalized spacial score (nSPS) is 17.3. The lowest BCUT2D eigenvalue weighted by Crippen LogP contribution is -2.16. The Morgan fingerprint density at radius 1 is 0.667 bits per heavy atom. The van der Waals surface area contributed by atoms with Crippen LogP contribution in [0.15, 0.2) is 30.6 Å². The van der Waals surface area contributed by atoms with Crippen molar-refractivity contribution in [3.63, 3.8) is 0 Å². The molecule has 1 aliphatic heterocycles. The quantitative estimate of drug-likeness (QED) is 0.690. The van der Waals surface area contributed by atoms with Crippen LogP contribution in [-0.2, 0) is 18.9 Å². The predicted molar refractivity (Wildman–Crippen MR) is 106 cm³/mol. The number of ether oxygens (including phenoxy) is 6. The first kappa shape index (κ1) is 21.9. The average molecular weight is 415 g/mol. The van der Waals surface area contributed by atoms with Crippen molar-refractivity contribution in [3.05, 3.63) is 36.3 Å². The molecule has 0 unspecified atom stereocenters. The summed E-state index contributed by atoms with van der Waals surface area (Å²) in [6.45, 7) is 4.64. The number of nitriles is 1. The maximum Gasteiger partial charge on any atom is 0.161 e. The van der Waals surface area contributed by atoms with Gasteiger partial charge in [-0.25, -0.2) is 4.98 Å². The van der Waals surface area contributed by atoms with E-state index in [2.05, 4.69) is 9.97 Å². The van der Waals surface area contributed by atoms with Crippen LogP contribution in [0.5, 0.6) is 11.5 Å². The first-order chi connectivity index (χ1) is 14.9. The highest BCUT2D eigenvalue weighted by Gasteiger charge is 2.10. The molecule has 1 aliphatic rings. The molecule has 30 heavy (non-hydrogen) atoms. The summed E-state index contributed by atoms with van der Waals surface area (Å²) in [6, 6.07) is 7.48. The Labute approximate surface area is 175 Å². The lowest BCUT2D eigenvalue weighted by atomic mass is 10.1. The second-order valence-corrected chi connectivity index (χ2v) is 6.21. The first-order valence-corrected chi connectivity index (χ1v) is 9.80. The topological polar surface area (TPSA) is 105 Å². The summed E-state index contributed by atoms with van der Waals surface area (Å²) < 4.78 is 33.6. The summed E-state index contributed by atoms with van der Waals surface area (Å²) in [7, 11) is 0. The molecule has 1 aromatic carbocycles. The van der Waals surface area contributed by atoms with Gasteiger partial charge in [0.25, 0.3) is 0 Å². The third kappa shape index (κ3) is 7.24. The lowest BCUT2D eigenvalue weighted by molar-refractivity contribution is -0.00841. The third-order valence-electron chi connectivity index (χ3n) is 4.09. The van der Waals surface area contributed by atoms with Crippen LogP contribution >= 0.6 is 0 Å². The van der Waals surface area contributed by atoms with E-state index < -0.39 is 0 Å². The maximum absolute atomic E-state index is 8.88. The van der Waals surface area contributed by atoms with Crippen molar-refractivity contribution < 1.29 is 28.4 Å². The Morgan fingerprint density at radius 2 is 1.23 bits per heavy atom. The zero-order valence-corrected chi connectivity index (χ0v) is 16.7. The number of hydrogen-bond donors (Lipinski definition) is 0. The van der Waals surface area contributed by atoms with Crippen molar-refractivity contribution in [3.8, 4) is 28.8 Å². The van der Waals surface area contributed by atoms with Crippen molar-refractivity contribution in [2.45, 2.75) is 0 Å². The molecule has 3 rings (SSSR count). The van der Waals surface area contributed by atoms with Gasteiger partial charge in [0.1, 0.15) is 19.3 Å². The first-order valence-electron chi connectivity index (χ1n) is 9.80. The summed E-state index contributed by atoms with van der Waals surface area (Å²) in [5.41, 5.74) is 1.71. The Hall–Kier alpha value is -2.77. The molecule has 2 aromatic rings. The van der Waals surface area contributed by atoms with Crippen LogP contribution in [-0.4, -0.2) is 76.0 Å². The summed E-state index contributed by atoms with van der Waals surface area (Å²) in [5, 5.41) is 8.88. The van der Waals surface area contributed by atoms with Crippen molar-refractivity contribution in [2.24, 2.45) is 0 Å². The smallest absolute Gasteiger partial charge is 0.161 e. The van der Waals surface area contributed by atoms with Gasteiger partial charge in [0.2, 0.25) is 0 Å². The van der Waals surface area contributed by atoms with E-state index in [-0.39, 0.29) is 5.69 Å². The van der Waals surface area contributed by atoms with Gasteiger partial charge >= 0.3 is 0 Å². The number of benzene rings is 1. The second kappa shape index (κ2) is 12.7. The van der Waals surface area contributed by atoms with Gasteiger partial charge in [0, 0.05) is 5.56 Å². The Kier molecular flexibility index (Phi) is 9.30. The molecule has 0 radical (unpaired) electrons. The molecule has 0 spiro atoms. The van der Waals surface area contributed by atoms with E-state index >= 15 is 0 Å². The fraction of sp³-hybridized carbons (Fsp3) is 0.476. The molecular formula is C21H25N3O6. The number of nitrogens with zero attached hydrogens (tertiary/aromatic N) is 3. The average Bonchev–Trinajstić information content (AvgIpc) is 2.79. The Morgan fingerprint density at radius 3 is 1.77 bits per heavy atom. The van der Waals surface area contributed by atoms with Crippen LogP contribution in [0.1, 0.15) is 5.69 Å². The minimum atomic E-state index is 0.265. The lowest BCUT2D eigenvalue weighted by Gasteiger charge is -2.15. The van der Waals surface area contributed by atoms with Gasteiger partial charge in [0.05, 0.1) is 70.9 Å². The van der Waals surface area contributed by atoms with Crippen LogP contribution in [0.3, 0.4) is 0 Å². The van der Waals surface area contributed by atoms with E-state index in [1.807, 2.05) is 24.3 Å². The van der Waals surface area contributed by atoms with Gasteiger partial charge in [-0.1, -0.05) is 0 Å². The highest BCUT2D eigenvalue weighted by atomic mass is 16.6. The van der Waals surface area contributed by atoms with Gasteiger partial charge in [0.15, 0.2) is 17.2 Å². The predicted octanol–water partition coefficient (Wildman–Crippen LogP) is 1.85. The van der Waals surface area contributed by atoms with E-state index in [0.717, 1.165) is 5.56 Å². The molecule has 0 saturated heterocycles. The molecule has 1 aromatic heterocycles. The van der Waals surface area contributed by atoms with Crippen LogP contribution < -0.4 is 9.47 Å². The zero-order valence-electron chi connectivity index (χ0n) is 16.7. The fourth-order valence-electron chi connectivity index (χ4n) is 2.62. The SMILES string of the molecule is N#Cc1cnc(-c2ccc3c(c2)OCCOCCOCCOCCOCCO3)cn1. The number of rotatable bonds is 1. The van der Waals surface area contributed by atoms with Crippen molar-refractivity contribution in [1.29, 1.82) is 5.26 Å². The van der Waals surface area contributed by atoms with Gasteiger partial charge in [-0.2, -0.15) is 5.26 Å². The van der Waals surface area contributed by atoms with E-state index in [1.165, 1.54) is 6.20 Å². The highest BCUT2D eigenvalue weighted by molar-refractivity contribution is 5.63. The van der Waals surface area contributed by atoms with Crippen molar-refractivity contribution >= 4 is 0 Å². The van der Waals surface area contributed by atoms with E-state index in [1.54, 1.807) is 6.20 Å². The summed E-state index contributed by atoms with van der Waals surface area (Å²) in [4.78, 5) is 8.34. The van der Waals surface area contributed by atoms with Crippen molar-refractivity contribution in [2.75, 3.05) is 66.1 Å². The minimum absolute atomic E-state index is 0.265. The standard InChI is InChI=1S/C21H25N3O6/c22-14-18-15-24-19(16-23-18)17-1-2-20-21(13-17)30-12-10-28-8-6-26-4-3-25-5-7-27-9-11-29-20/h1-2,13,15-16H,3-12H2. The summed E-state index contributed by atoms with van der Waals surface area (Å²) in [5.74, 6) is 1.17. The van der Waals surface area contributed by atoms with Crippen LogP contribution in [0.4, 0.5) is 0 Å². The number of aromatic nitrogens is 2. The molecule has 0 fully saturated rings. The molecule has 0 N–H and O–H groups in total. The number of hydrogen-bond acceptors (Lipinski definition) is 9. The maximum atomic E-state index is 8.88. The minimum Gasteiger partial charge on any atom is -0.487 e. The van der Waals surface area contributed by atoms with Crippen LogP contribution in [0.2, 0.25) is 0 Å². The largest absolute Gasteiger partial charge is 0.487 e. The number of fused-ring (bicyclic) bond motifs is 1. The van der Waals surface area contributed by atoms with Crippen molar-refractivity contribution in [1.82, 2.24) is 9.97 Å². The summed E-state index contributed by atoms with van der Waals surface area (Å²) >= 11 is 0. The van der Waals surface area contributed by atoms with Gasteiger partial charge in [-0.3, -0.25) is 4.98 Å². The van der Waals surface area contributed by atoms with Crippen LogP contribution in [0, 0.1) is 11.3 Å². The van der Waals surface area contributed by atoms with E-state index in [0.29, 0.717) is 83.3 Å². The monoisotopic (exact) mass is 415 g/mol.